The number of fused-ring (bicyclic) bond motifs is 7. The fourth-order valence-corrected chi connectivity index (χ4v) is 21.7. The van der Waals surface area contributed by atoms with Gasteiger partial charge in [-0.2, -0.15) is 52.9 Å². The van der Waals surface area contributed by atoms with E-state index in [1.807, 2.05) is 50.9 Å². The highest BCUT2D eigenvalue weighted by atomic mass is 33.1. The summed E-state index contributed by atoms with van der Waals surface area (Å²) in [4.78, 5) is 238. The van der Waals surface area contributed by atoms with Crippen LogP contribution >= 0.6 is 21.6 Å². The number of piperidine rings is 2. The van der Waals surface area contributed by atoms with Crippen LogP contribution in [0.25, 0.3) is 22.1 Å². The number of para-hydroxylation sites is 1. The maximum atomic E-state index is 15.1. The zero-order chi connectivity index (χ0) is 102. The van der Waals surface area contributed by atoms with Gasteiger partial charge < -0.3 is 77.9 Å². The van der Waals surface area contributed by atoms with Crippen LogP contribution in [0.15, 0.2) is 76.6 Å². The number of aliphatic hydroxyl groups excluding tert-OH is 1. The number of guanidine groups is 1. The molecular formula is C91H120N18O26S2. The Balaban J connectivity index is 0.000000474. The van der Waals surface area contributed by atoms with Crippen LogP contribution in [0.2, 0.25) is 0 Å². The largest absolute Gasteiger partial charge is 0.496 e. The zero-order valence-electron chi connectivity index (χ0n) is 77.8. The molecule has 2 bridgehead atoms. The molecule has 1 aliphatic carbocycles. The molecule has 1 saturated carbocycles. The molecule has 14 atom stereocenters. The summed E-state index contributed by atoms with van der Waals surface area (Å²) in [6, 6.07) is 17.2. The number of ether oxygens (including phenoxy) is 3. The summed E-state index contributed by atoms with van der Waals surface area (Å²) >= 11 is 0. The predicted molar refractivity (Wildman–Crippen MR) is 492 cm³/mol. The topological polar surface area (TPSA) is 672 Å². The van der Waals surface area contributed by atoms with E-state index in [0.29, 0.717) is 145 Å². The average Bonchev–Trinajstić information content (AvgIpc) is 1.48. The molecule has 137 heavy (non-hydrogen) atoms. The molecule has 5 aliphatic heterocycles. The number of ketones is 3. The highest BCUT2D eigenvalue weighted by Gasteiger charge is 2.79. The molecule has 17 N–H and O–H groups in total. The third-order valence-corrected chi connectivity index (χ3v) is 28.2. The number of carbonyl (C=O) groups is 9. The lowest BCUT2D eigenvalue weighted by molar-refractivity contribution is -0.222. The first kappa shape index (κ1) is 113. The maximum absolute atomic E-state index is 15.1. The number of anilines is 3. The number of Topliss-reactive ketones (excluding diaryl/α,β-unsaturated/α-hetero) is 3. The smallest absolute Gasteiger partial charge is 0.426 e. The molecule has 3 aromatic heterocycles. The van der Waals surface area contributed by atoms with Crippen molar-refractivity contribution in [2.45, 2.75) is 197 Å². The van der Waals surface area contributed by atoms with Crippen molar-refractivity contribution in [1.82, 2.24) is 61.5 Å². The van der Waals surface area contributed by atoms with Gasteiger partial charge in [0.15, 0.2) is 28.5 Å². The van der Waals surface area contributed by atoms with Gasteiger partial charge in [-0.25, -0.2) is 20.2 Å². The second-order valence-corrected chi connectivity index (χ2v) is 36.8. The van der Waals surface area contributed by atoms with Gasteiger partial charge in [-0.1, -0.05) is 74.4 Å². The number of benzene rings is 3. The highest BCUT2D eigenvalue weighted by Crippen LogP contribution is 2.68. The Kier molecular flexibility index (Phi) is 44.4. The molecule has 6 aliphatic rings. The number of carbonyl (C=O) groups excluding carboxylic acids is 19. The van der Waals surface area contributed by atoms with Crippen LogP contribution in [0.3, 0.4) is 0 Å². The summed E-state index contributed by atoms with van der Waals surface area (Å²) in [6.45, 7) is 15.8. The van der Waals surface area contributed by atoms with Crippen molar-refractivity contribution in [3.05, 3.63) is 111 Å². The van der Waals surface area contributed by atoms with Gasteiger partial charge in [0, 0.05) is 164 Å². The predicted octanol–water partition coefficient (Wildman–Crippen LogP) is 2.59. The fourth-order valence-electron chi connectivity index (χ4n) is 19.8. The van der Waals surface area contributed by atoms with Crippen LogP contribution < -0.4 is 64.5 Å². The second kappa shape index (κ2) is 54.0. The Morgan fingerprint density at radius 2 is 1.44 bits per heavy atom. The van der Waals surface area contributed by atoms with Crippen LogP contribution in [0.1, 0.15) is 176 Å². The van der Waals surface area contributed by atoms with Gasteiger partial charge >= 0.3 is 36.9 Å². The summed E-state index contributed by atoms with van der Waals surface area (Å²) < 4.78 is 18.0. The second-order valence-electron chi connectivity index (χ2n) is 34.1. The molecule has 1 spiro atoms. The molecule has 8 heterocycles. The van der Waals surface area contributed by atoms with E-state index in [2.05, 4.69) is 90.0 Å². The zero-order valence-corrected chi connectivity index (χ0v) is 79.4. The molecule has 3 aromatic carbocycles. The number of hydrazine groups is 1. The normalized spacial score (nSPS) is 22.2. The van der Waals surface area contributed by atoms with Gasteiger partial charge in [0.25, 0.3) is 23.8 Å². The number of hydrogen-bond acceptors (Lipinski definition) is 37. The van der Waals surface area contributed by atoms with Crippen LogP contribution in [-0.2, 0) is 115 Å². The molecule has 44 nitrogen and oxygen atoms in total. The Bertz CT molecular complexity index is 5370. The number of aliphatic hydroxyl groups is 3. The lowest BCUT2D eigenvalue weighted by Gasteiger charge is -2.64. The maximum Gasteiger partial charge on any atom is 0.426 e. The molecule has 6 aromatic rings. The van der Waals surface area contributed by atoms with Crippen molar-refractivity contribution in [2.24, 2.45) is 45.5 Å². The molecule has 5 amide bonds. The number of methoxy groups -OCH3 is 1. The third kappa shape index (κ3) is 28.3. The van der Waals surface area contributed by atoms with Crippen LogP contribution in [0.4, 0.5) is 22.1 Å². The first-order valence-electron chi connectivity index (χ1n) is 44.3. The monoisotopic (exact) mass is 1940 g/mol. The lowest BCUT2D eigenvalue weighted by atomic mass is 9.46. The number of hydrogen-bond donors (Lipinski definition) is 14. The van der Waals surface area contributed by atoms with E-state index < -0.39 is 69.1 Å². The number of nitrogen functional groups attached to an aromatic ring is 1. The van der Waals surface area contributed by atoms with Gasteiger partial charge in [-0.05, 0) is 151 Å². The number of aromatic nitrogens is 5. The van der Waals surface area contributed by atoms with Gasteiger partial charge in [-0.15, -0.1) is 0 Å². The quantitative estimate of drug-likeness (QED) is 0.00665. The number of aromatic amines is 2. The van der Waals surface area contributed by atoms with E-state index >= 15 is 4.79 Å². The lowest BCUT2D eigenvalue weighted by Crippen LogP contribution is -2.82. The molecule has 12 rings (SSSR count). The van der Waals surface area contributed by atoms with Crippen LogP contribution in [0.5, 0.6) is 5.75 Å². The van der Waals surface area contributed by atoms with Crippen molar-refractivity contribution < 1.29 is 121 Å². The van der Waals surface area contributed by atoms with Gasteiger partial charge in [0.05, 0.1) is 48.6 Å². The molecular weight excluding hydrogens is 1830 g/mol. The number of aliphatic imine (C=N–C) groups is 1. The Labute approximate surface area is 796 Å². The molecule has 2 unspecified atom stereocenters. The standard InChI is InChI=1S/C63H92N10O12S2.C23H28N8O4.5CO2/c1-8-59(81)32-41-33-61(36-84-37-74,51-43(19-24-72(34-41)35-59)42-16-10-11-17-46(42)68-51)45-30-44-47(31-50(45)83-7)71(6)54-62(44)21-25-73-23-14-20-60(9-2,53(62)73)55(78)63(54,82)56(79)69-70-58(80)85-26-28-87-86-27-13-18-48(75)40(5)67-52(77)39(4)29-49(76)38(3)15-12-22-66-57(64)65;1-13(20(33)25-2)10-17(32)4-3-9-26-21(34)14-5-7-15(8-6-14)27-11-16-12-28-19-18(29-16)22(35)31-23(24)30-19;5*2-1-3/h10-11,16-17,30-31,37-41,53-55,68,78,81-82H,8-9,12-15,18-29,32-36H2,1-7H3,(H,67,77)(H,69,79)(H,70,80)(H4,64,65,66);5-8,12-13,27H,3-4,9-11H2,1-2H3,(H,25,33)(H,26,34)(H3,24,28,30,31,35);;;;;/t38-,39+,40-,41+,53-,54+,55+,59?,60+,61-,62+,63-;13-;;;;;/m01...../s1. The Morgan fingerprint density at radius 3 is 2.09 bits per heavy atom. The summed E-state index contributed by atoms with van der Waals surface area (Å²) in [6.07, 6.45) is 7.88. The minimum Gasteiger partial charge on any atom is -0.496 e. The highest BCUT2D eigenvalue weighted by molar-refractivity contribution is 8.76. The van der Waals surface area contributed by atoms with Crippen molar-refractivity contribution in [2.75, 3.05) is 108 Å². The number of nitrogens with zero attached hydrogens (tertiary/aromatic N) is 7. The van der Waals surface area contributed by atoms with Crippen molar-refractivity contribution >= 4 is 151 Å². The number of H-pyrrole nitrogens is 2. The van der Waals surface area contributed by atoms with Gasteiger partial charge in [0.2, 0.25) is 17.8 Å². The van der Waals surface area contributed by atoms with Crippen molar-refractivity contribution in [3.63, 3.8) is 0 Å². The summed E-state index contributed by atoms with van der Waals surface area (Å²) in [5.41, 5.74) is 21.6. The average molecular weight is 1950 g/mol. The molecule has 46 heteroatoms. The minimum absolute atomic E-state index is 0.00284. The number of nitrogens with two attached hydrogens (primary N) is 3. The van der Waals surface area contributed by atoms with Gasteiger partial charge in [0.1, 0.15) is 36.6 Å². The fraction of sp³-hybridized carbons (Fsp3) is 0.549. The SMILES string of the molecule is CCC1(O)C[C@H]2CN(CCc3c([nH]c4ccccc34)[C@@](COC=O)(c3cc4c(cc3OC)N(C)[C@H]3[C@@](O)(C(=O)NNC(=O)OCCSSCCCC(=O)[C@H](C)NC(=O)[C@H](C)CC(=O)[C@@H](C)CCCN=C(N)N)[C@H](O)[C@]5(CC)CCCN6CC[C@]43[C@@H]65)C2)C1.CNC(=O)[C@H](C)CC(=O)CCCNC(=O)c1ccc(NCc2cnc3nc(N)[nH]c(=O)c3n2)cc1.O=C=O.O=C=O.O=C=O.O=C=O.O=C=O. The van der Waals surface area contributed by atoms with Crippen LogP contribution in [0, 0.1) is 29.1 Å². The van der Waals surface area contributed by atoms with E-state index in [0.717, 1.165) is 70.7 Å². The number of rotatable bonds is 37. The minimum atomic E-state index is -2.49. The molecule has 742 valence electrons. The Morgan fingerprint density at radius 1 is 0.766 bits per heavy atom. The van der Waals surface area contributed by atoms with Gasteiger partial charge in [-0.3, -0.25) is 68.4 Å². The van der Waals surface area contributed by atoms with Crippen molar-refractivity contribution in [1.29, 1.82) is 0 Å². The van der Waals surface area contributed by atoms with E-state index in [-0.39, 0.29) is 145 Å². The first-order valence-corrected chi connectivity index (χ1v) is 46.8. The molecule has 3 saturated heterocycles. The number of likely N-dealkylation sites (N-methyl/N-ethyl adjacent to an activating group) is 1. The summed E-state index contributed by atoms with van der Waals surface area (Å²) in [5, 5.41) is 51.0. The first-order chi connectivity index (χ1) is 65.4. The summed E-state index contributed by atoms with van der Waals surface area (Å²) in [5.74, 6) is -1.63. The van der Waals surface area contributed by atoms with E-state index in [9.17, 15) is 58.5 Å². The van der Waals surface area contributed by atoms with Crippen molar-refractivity contribution in [3.8, 4) is 5.75 Å². The van der Waals surface area contributed by atoms with E-state index in [1.165, 1.54) is 27.8 Å². The van der Waals surface area contributed by atoms with E-state index in [1.54, 1.807) is 59.2 Å². The molecule has 0 radical (unpaired) electrons. The third-order valence-electron chi connectivity index (χ3n) is 25.8. The number of nitrogens with one attached hydrogen (secondary N) is 8. The molecule has 4 fully saturated rings. The van der Waals surface area contributed by atoms with E-state index in [4.69, 9.17) is 79.4 Å². The van der Waals surface area contributed by atoms with Crippen LogP contribution in [-0.4, -0.2) is 267 Å². The number of amides is 5. The Hall–Kier alpha value is -13.1. The summed E-state index contributed by atoms with van der Waals surface area (Å²) in [7, 11) is 7.94.